The van der Waals surface area contributed by atoms with Crippen molar-refractivity contribution < 1.29 is 14.3 Å². The van der Waals surface area contributed by atoms with Crippen molar-refractivity contribution in [3.8, 4) is 0 Å². The predicted molar refractivity (Wildman–Crippen MR) is 78.1 cm³/mol. The average Bonchev–Trinajstić information content (AvgIpc) is 2.53. The Balaban J connectivity index is 2.02. The van der Waals surface area contributed by atoms with Gasteiger partial charge in [-0.25, -0.2) is 4.79 Å². The van der Waals surface area contributed by atoms with Crippen LogP contribution in [0.4, 0.5) is 0 Å². The molecule has 0 N–H and O–H groups in total. The molecule has 2 rings (SSSR count). The van der Waals surface area contributed by atoms with Gasteiger partial charge in [-0.05, 0) is 11.6 Å². The van der Waals surface area contributed by atoms with E-state index in [1.54, 1.807) is 0 Å². The van der Waals surface area contributed by atoms with Crippen LogP contribution in [0.1, 0.15) is 12.0 Å². The lowest BCUT2D eigenvalue weighted by Gasteiger charge is -2.32. The highest BCUT2D eigenvalue weighted by molar-refractivity contribution is 5.81. The second-order valence-electron chi connectivity index (χ2n) is 4.47. The molecule has 0 heterocycles. The maximum atomic E-state index is 11.0. The molecule has 1 unspecified atom stereocenters. The van der Waals surface area contributed by atoms with E-state index in [0.717, 1.165) is 18.1 Å². The van der Waals surface area contributed by atoms with Crippen LogP contribution in [0.5, 0.6) is 0 Å². The zero-order valence-electron chi connectivity index (χ0n) is 11.3. The quantitative estimate of drug-likeness (QED) is 0.452. The molecule has 0 bridgehead atoms. The Morgan fingerprint density at radius 1 is 1.25 bits per heavy atom. The van der Waals surface area contributed by atoms with Crippen LogP contribution < -0.4 is 0 Å². The molecular weight excluding hydrogens is 252 g/mol. The van der Waals surface area contributed by atoms with Crippen molar-refractivity contribution in [3.05, 3.63) is 72.9 Å². The van der Waals surface area contributed by atoms with Gasteiger partial charge in [0.1, 0.15) is 12.2 Å². The monoisotopic (exact) mass is 270 g/mol. The van der Waals surface area contributed by atoms with Crippen molar-refractivity contribution in [1.82, 2.24) is 0 Å². The molecule has 20 heavy (non-hydrogen) atoms. The molecule has 0 saturated carbocycles. The minimum absolute atomic E-state index is 0.219. The van der Waals surface area contributed by atoms with Crippen molar-refractivity contribution >= 4 is 5.97 Å². The van der Waals surface area contributed by atoms with Crippen LogP contribution >= 0.6 is 0 Å². The highest BCUT2D eigenvalue weighted by atomic mass is 16.6. The van der Waals surface area contributed by atoms with Gasteiger partial charge in [0.25, 0.3) is 0 Å². The number of carbonyl (C=O) groups is 1. The molecule has 104 valence electrons. The van der Waals surface area contributed by atoms with Gasteiger partial charge in [0.15, 0.2) is 0 Å². The topological polar surface area (TPSA) is 35.5 Å². The third-order valence-corrected chi connectivity index (χ3v) is 3.15. The minimum Gasteiger partial charge on any atom is -0.460 e. The zero-order valence-corrected chi connectivity index (χ0v) is 11.3. The Hall–Kier alpha value is -2.13. The average molecular weight is 270 g/mol. The van der Waals surface area contributed by atoms with Gasteiger partial charge in [-0.1, -0.05) is 55.1 Å². The first-order valence-electron chi connectivity index (χ1n) is 6.60. The fraction of sp³-hybridized carbons (Fsp3) is 0.235. The van der Waals surface area contributed by atoms with E-state index < -0.39 is 11.6 Å². The first kappa shape index (κ1) is 14.3. The first-order chi connectivity index (χ1) is 9.77. The lowest BCUT2D eigenvalue weighted by Crippen LogP contribution is -2.29. The number of rotatable bonds is 6. The SMILES string of the molecule is C=CC(=O)OCCOC1(c2ccccc2)C=CC=CC1. The smallest absolute Gasteiger partial charge is 0.330 e. The Labute approximate surface area is 119 Å². The van der Waals surface area contributed by atoms with Crippen LogP contribution in [-0.2, 0) is 19.9 Å². The molecular formula is C17H18O3. The second kappa shape index (κ2) is 6.87. The summed E-state index contributed by atoms with van der Waals surface area (Å²) in [4.78, 5) is 11.0. The summed E-state index contributed by atoms with van der Waals surface area (Å²) in [5, 5.41) is 0. The van der Waals surface area contributed by atoms with E-state index in [-0.39, 0.29) is 6.61 Å². The van der Waals surface area contributed by atoms with Crippen LogP contribution in [0, 0.1) is 0 Å². The summed E-state index contributed by atoms with van der Waals surface area (Å²) in [6, 6.07) is 10.0. The lowest BCUT2D eigenvalue weighted by atomic mass is 9.87. The molecule has 1 atom stereocenters. The Morgan fingerprint density at radius 3 is 2.70 bits per heavy atom. The van der Waals surface area contributed by atoms with Crippen LogP contribution in [0.3, 0.4) is 0 Å². The highest BCUT2D eigenvalue weighted by Crippen LogP contribution is 2.33. The molecule has 0 saturated heterocycles. The third kappa shape index (κ3) is 3.45. The van der Waals surface area contributed by atoms with Crippen LogP contribution in [0.25, 0.3) is 0 Å². The van der Waals surface area contributed by atoms with E-state index in [4.69, 9.17) is 9.47 Å². The number of allylic oxidation sites excluding steroid dienone is 2. The molecule has 0 aliphatic heterocycles. The highest BCUT2D eigenvalue weighted by Gasteiger charge is 2.30. The van der Waals surface area contributed by atoms with Gasteiger partial charge < -0.3 is 9.47 Å². The van der Waals surface area contributed by atoms with E-state index in [1.165, 1.54) is 0 Å². The summed E-state index contributed by atoms with van der Waals surface area (Å²) in [5.74, 6) is -0.429. The Morgan fingerprint density at radius 2 is 2.05 bits per heavy atom. The third-order valence-electron chi connectivity index (χ3n) is 3.15. The summed E-state index contributed by atoms with van der Waals surface area (Å²) in [7, 11) is 0. The fourth-order valence-corrected chi connectivity index (χ4v) is 2.15. The zero-order chi connectivity index (χ0) is 14.3. The van der Waals surface area contributed by atoms with Crippen LogP contribution in [0.2, 0.25) is 0 Å². The van der Waals surface area contributed by atoms with Gasteiger partial charge >= 0.3 is 5.97 Å². The molecule has 1 aliphatic rings. The van der Waals surface area contributed by atoms with E-state index in [0.29, 0.717) is 6.61 Å². The molecule has 0 aromatic heterocycles. The number of hydrogen-bond donors (Lipinski definition) is 0. The molecule has 3 nitrogen and oxygen atoms in total. The van der Waals surface area contributed by atoms with Gasteiger partial charge in [-0.2, -0.15) is 0 Å². The summed E-state index contributed by atoms with van der Waals surface area (Å²) in [5.41, 5.74) is 0.618. The van der Waals surface area contributed by atoms with Gasteiger partial charge in [-0.3, -0.25) is 0 Å². The minimum atomic E-state index is -0.476. The number of benzene rings is 1. The molecule has 0 amide bonds. The molecule has 0 fully saturated rings. The lowest BCUT2D eigenvalue weighted by molar-refractivity contribution is -0.141. The van der Waals surface area contributed by atoms with Gasteiger partial charge in [0.05, 0.1) is 6.61 Å². The molecule has 0 spiro atoms. The summed E-state index contributed by atoms with van der Waals surface area (Å²) < 4.78 is 10.9. The molecule has 1 aliphatic carbocycles. The van der Waals surface area contributed by atoms with E-state index >= 15 is 0 Å². The second-order valence-corrected chi connectivity index (χ2v) is 4.47. The molecule has 0 radical (unpaired) electrons. The maximum absolute atomic E-state index is 11.0. The van der Waals surface area contributed by atoms with Crippen molar-refractivity contribution in [1.29, 1.82) is 0 Å². The summed E-state index contributed by atoms with van der Waals surface area (Å²) in [6.45, 7) is 3.91. The molecule has 1 aromatic rings. The fourth-order valence-electron chi connectivity index (χ4n) is 2.15. The van der Waals surface area contributed by atoms with E-state index in [9.17, 15) is 4.79 Å². The van der Waals surface area contributed by atoms with Crippen molar-refractivity contribution in [3.63, 3.8) is 0 Å². The summed E-state index contributed by atoms with van der Waals surface area (Å²) >= 11 is 0. The Kier molecular flexibility index (Phi) is 4.91. The van der Waals surface area contributed by atoms with Crippen molar-refractivity contribution in [2.75, 3.05) is 13.2 Å². The normalized spacial score (nSPS) is 20.6. The van der Waals surface area contributed by atoms with Gasteiger partial charge in [0.2, 0.25) is 0 Å². The number of esters is 1. The first-order valence-corrected chi connectivity index (χ1v) is 6.60. The van der Waals surface area contributed by atoms with Crippen molar-refractivity contribution in [2.45, 2.75) is 12.0 Å². The molecule has 3 heteroatoms. The predicted octanol–water partition coefficient (Wildman–Crippen LogP) is 3.14. The van der Waals surface area contributed by atoms with Gasteiger partial charge in [0, 0.05) is 12.5 Å². The van der Waals surface area contributed by atoms with Crippen LogP contribution in [-0.4, -0.2) is 19.2 Å². The number of hydrogen-bond acceptors (Lipinski definition) is 3. The van der Waals surface area contributed by atoms with Crippen LogP contribution in [0.15, 0.2) is 67.3 Å². The number of carbonyl (C=O) groups excluding carboxylic acids is 1. The van der Waals surface area contributed by atoms with Gasteiger partial charge in [-0.15, -0.1) is 0 Å². The van der Waals surface area contributed by atoms with E-state index in [2.05, 4.69) is 12.7 Å². The maximum Gasteiger partial charge on any atom is 0.330 e. The standard InChI is InChI=1S/C17H18O3/c1-2-16(18)19-13-14-20-17(11-7-4-8-12-17)15-9-5-3-6-10-15/h2-11H,1,12-14H2. The van der Waals surface area contributed by atoms with Crippen molar-refractivity contribution in [2.24, 2.45) is 0 Å². The Bertz CT molecular complexity index is 516. The summed E-state index contributed by atoms with van der Waals surface area (Å²) in [6.07, 6.45) is 10.0. The largest absolute Gasteiger partial charge is 0.460 e. The number of ether oxygens (including phenoxy) is 2. The molecule has 1 aromatic carbocycles. The van der Waals surface area contributed by atoms with E-state index in [1.807, 2.05) is 48.6 Å².